The molecule has 2 atom stereocenters. The first-order valence-corrected chi connectivity index (χ1v) is 10.7. The van der Waals surface area contributed by atoms with E-state index in [1.54, 1.807) is 30.4 Å². The molecule has 2 saturated carbocycles. The van der Waals surface area contributed by atoms with Crippen LogP contribution in [0.3, 0.4) is 0 Å². The maximum absolute atomic E-state index is 14.1. The second-order valence-electron chi connectivity index (χ2n) is 8.29. The van der Waals surface area contributed by atoms with Crippen molar-refractivity contribution >= 4 is 27.5 Å². The van der Waals surface area contributed by atoms with E-state index >= 15 is 0 Å². The van der Waals surface area contributed by atoms with Gasteiger partial charge < -0.3 is 5.11 Å². The fourth-order valence-electron chi connectivity index (χ4n) is 4.73. The number of thiazole rings is 1. The van der Waals surface area contributed by atoms with Crippen LogP contribution in [0.25, 0.3) is 10.2 Å². The Morgan fingerprint density at radius 2 is 2.04 bits per heavy atom. The van der Waals surface area contributed by atoms with Crippen LogP contribution in [0, 0.1) is 12.7 Å². The lowest BCUT2D eigenvalue weighted by Crippen LogP contribution is -2.34. The van der Waals surface area contributed by atoms with Crippen LogP contribution in [0.15, 0.2) is 36.4 Å². The molecule has 2 aromatic carbocycles. The van der Waals surface area contributed by atoms with Gasteiger partial charge in [0.2, 0.25) is 0 Å². The molecule has 2 aliphatic rings. The molecular weight excluding hydrogens is 373 g/mol. The summed E-state index contributed by atoms with van der Waals surface area (Å²) in [6.45, 7) is 1.68. The Morgan fingerprint density at radius 1 is 1.21 bits per heavy atom. The number of carbonyl (C=O) groups is 1. The minimum atomic E-state index is -1.02. The number of nitrogens with zero attached hydrogens (tertiary/aromatic N) is 1. The molecule has 0 saturated heterocycles. The third-order valence-electron chi connectivity index (χ3n) is 6.53. The molecule has 0 spiro atoms. The van der Waals surface area contributed by atoms with E-state index in [-0.39, 0.29) is 11.7 Å². The van der Waals surface area contributed by atoms with E-state index in [1.165, 1.54) is 28.6 Å². The molecule has 5 heteroatoms. The lowest BCUT2D eigenvalue weighted by molar-refractivity contribution is -0.143. The fraction of sp³-hybridized carbons (Fsp3) is 0.391. The third-order valence-corrected chi connectivity index (χ3v) is 7.73. The van der Waals surface area contributed by atoms with E-state index < -0.39 is 11.4 Å². The predicted octanol–water partition coefficient (Wildman–Crippen LogP) is 5.91. The van der Waals surface area contributed by atoms with E-state index in [0.717, 1.165) is 17.5 Å². The summed E-state index contributed by atoms with van der Waals surface area (Å²) >= 11 is 1.78. The normalized spacial score (nSPS) is 24.7. The van der Waals surface area contributed by atoms with Gasteiger partial charge in [0.1, 0.15) is 5.82 Å². The van der Waals surface area contributed by atoms with Crippen LogP contribution in [0.2, 0.25) is 0 Å². The number of aromatic nitrogens is 1. The first-order chi connectivity index (χ1) is 13.5. The third kappa shape index (κ3) is 2.75. The van der Waals surface area contributed by atoms with Crippen molar-refractivity contribution in [2.45, 2.75) is 56.3 Å². The highest BCUT2D eigenvalue weighted by Crippen LogP contribution is 2.50. The zero-order valence-corrected chi connectivity index (χ0v) is 16.6. The van der Waals surface area contributed by atoms with Crippen molar-refractivity contribution in [3.05, 3.63) is 63.9 Å². The van der Waals surface area contributed by atoms with Gasteiger partial charge in [-0.05, 0) is 79.8 Å². The van der Waals surface area contributed by atoms with Crippen molar-refractivity contribution < 1.29 is 14.3 Å². The van der Waals surface area contributed by atoms with Crippen LogP contribution < -0.4 is 0 Å². The molecule has 1 aromatic heterocycles. The molecule has 0 amide bonds. The fourth-order valence-corrected chi connectivity index (χ4v) is 5.85. The van der Waals surface area contributed by atoms with Crippen LogP contribution in [0.5, 0.6) is 0 Å². The highest BCUT2D eigenvalue weighted by Gasteiger charge is 2.48. The van der Waals surface area contributed by atoms with Gasteiger partial charge in [0.05, 0.1) is 20.6 Å². The Morgan fingerprint density at radius 3 is 2.79 bits per heavy atom. The van der Waals surface area contributed by atoms with Crippen molar-refractivity contribution in [2.24, 2.45) is 0 Å². The van der Waals surface area contributed by atoms with Gasteiger partial charge in [-0.2, -0.15) is 0 Å². The summed E-state index contributed by atoms with van der Waals surface area (Å²) in [5.74, 6) is -0.398. The average Bonchev–Trinajstić information content (AvgIpc) is 3.28. The van der Waals surface area contributed by atoms with Crippen LogP contribution in [0.1, 0.15) is 65.6 Å². The highest BCUT2D eigenvalue weighted by atomic mass is 32.1. The Labute approximate surface area is 167 Å². The minimum absolute atomic E-state index is 0.147. The van der Waals surface area contributed by atoms with Crippen molar-refractivity contribution in [1.29, 1.82) is 0 Å². The molecule has 2 unspecified atom stereocenters. The highest BCUT2D eigenvalue weighted by molar-refractivity contribution is 7.18. The molecule has 1 heterocycles. The molecule has 0 bridgehead atoms. The van der Waals surface area contributed by atoms with E-state index in [0.29, 0.717) is 29.9 Å². The van der Waals surface area contributed by atoms with Crippen molar-refractivity contribution in [2.75, 3.05) is 0 Å². The van der Waals surface area contributed by atoms with E-state index in [9.17, 15) is 14.3 Å². The van der Waals surface area contributed by atoms with Crippen LogP contribution >= 0.6 is 11.3 Å². The summed E-state index contributed by atoms with van der Waals surface area (Å²) in [5, 5.41) is 11.3. The molecule has 5 rings (SSSR count). The smallest absolute Gasteiger partial charge is 0.314 e. The second kappa shape index (κ2) is 6.38. The number of aliphatic carboxylic acids is 1. The van der Waals surface area contributed by atoms with Gasteiger partial charge in [0.25, 0.3) is 0 Å². The topological polar surface area (TPSA) is 50.2 Å². The zero-order valence-electron chi connectivity index (χ0n) is 15.7. The summed E-state index contributed by atoms with van der Waals surface area (Å²) < 4.78 is 15.3. The molecule has 3 aromatic rings. The van der Waals surface area contributed by atoms with Gasteiger partial charge in [-0.3, -0.25) is 4.79 Å². The van der Waals surface area contributed by atoms with Crippen LogP contribution in [-0.2, 0) is 10.2 Å². The van der Waals surface area contributed by atoms with Gasteiger partial charge in [0.15, 0.2) is 0 Å². The van der Waals surface area contributed by atoms with Crippen molar-refractivity contribution in [1.82, 2.24) is 4.98 Å². The lowest BCUT2D eigenvalue weighted by Gasteiger charge is -2.27. The van der Waals surface area contributed by atoms with E-state index in [4.69, 9.17) is 4.98 Å². The Hall–Kier alpha value is -2.27. The van der Waals surface area contributed by atoms with E-state index in [1.807, 2.05) is 0 Å². The van der Waals surface area contributed by atoms with Gasteiger partial charge >= 0.3 is 5.97 Å². The maximum atomic E-state index is 14.1. The molecular formula is C23H22FNO2S. The lowest BCUT2D eigenvalue weighted by atomic mass is 9.75. The van der Waals surface area contributed by atoms with Gasteiger partial charge in [-0.1, -0.05) is 18.2 Å². The van der Waals surface area contributed by atoms with E-state index in [2.05, 4.69) is 18.2 Å². The first-order valence-electron chi connectivity index (χ1n) is 9.87. The monoisotopic (exact) mass is 395 g/mol. The quantitative estimate of drug-likeness (QED) is 0.597. The number of benzene rings is 2. The second-order valence-corrected chi connectivity index (χ2v) is 9.36. The minimum Gasteiger partial charge on any atom is -0.481 e. The number of halogens is 1. The number of hydrogen-bond donors (Lipinski definition) is 1. The summed E-state index contributed by atoms with van der Waals surface area (Å²) in [7, 11) is 0. The molecule has 144 valence electrons. The Kier molecular flexibility index (Phi) is 4.05. The molecule has 2 aliphatic carbocycles. The summed E-state index contributed by atoms with van der Waals surface area (Å²) in [5.41, 5.74) is 2.23. The molecule has 0 aliphatic heterocycles. The van der Waals surface area contributed by atoms with Gasteiger partial charge in [-0.15, -0.1) is 11.3 Å². The molecule has 0 radical (unpaired) electrons. The number of rotatable bonds is 4. The number of fused-ring (bicyclic) bond motifs is 1. The molecule has 28 heavy (non-hydrogen) atoms. The molecule has 1 N–H and O–H groups in total. The van der Waals surface area contributed by atoms with Crippen molar-refractivity contribution in [3.63, 3.8) is 0 Å². The predicted molar refractivity (Wildman–Crippen MR) is 109 cm³/mol. The number of carboxylic acid groups (broad SMARTS) is 1. The average molecular weight is 395 g/mol. The van der Waals surface area contributed by atoms with Gasteiger partial charge in [0, 0.05) is 5.92 Å². The number of hydrogen-bond acceptors (Lipinski definition) is 3. The maximum Gasteiger partial charge on any atom is 0.314 e. The summed E-state index contributed by atoms with van der Waals surface area (Å²) in [6, 6.07) is 11.2. The molecule has 2 fully saturated rings. The standard InChI is InChI=1S/C23H22FNO2S/c1-13-17(3-2-4-18(13)24)23(22(26)27)10-9-16(12-23)15-7-8-20-19(11-15)25-21(28-20)14-5-6-14/h2-4,7-8,11,14,16H,5-6,9-10,12H2,1H3,(H,26,27). The Balaban J connectivity index is 1.50. The molecule has 3 nitrogen and oxygen atoms in total. The first kappa shape index (κ1) is 17.8. The van der Waals surface area contributed by atoms with Crippen LogP contribution in [-0.4, -0.2) is 16.1 Å². The Bertz CT molecular complexity index is 1090. The summed E-state index contributed by atoms with van der Waals surface area (Å²) in [6.07, 6.45) is 4.29. The SMILES string of the molecule is Cc1c(F)cccc1C1(C(=O)O)CCC(c2ccc3sc(C4CC4)nc3c2)C1. The largest absolute Gasteiger partial charge is 0.481 e. The summed E-state index contributed by atoms with van der Waals surface area (Å²) in [4.78, 5) is 17.1. The van der Waals surface area contributed by atoms with Crippen LogP contribution in [0.4, 0.5) is 4.39 Å². The van der Waals surface area contributed by atoms with Crippen molar-refractivity contribution in [3.8, 4) is 0 Å². The number of carboxylic acids is 1. The van der Waals surface area contributed by atoms with Gasteiger partial charge in [-0.25, -0.2) is 9.37 Å². The zero-order chi connectivity index (χ0) is 19.5.